The predicted molar refractivity (Wildman–Crippen MR) is 123 cm³/mol. The van der Waals surface area contributed by atoms with Gasteiger partial charge >= 0.3 is 0 Å². The third-order valence-electron chi connectivity index (χ3n) is 5.13. The first kappa shape index (κ1) is 20.6. The first-order chi connectivity index (χ1) is 15.7. The Labute approximate surface area is 185 Å². The van der Waals surface area contributed by atoms with Gasteiger partial charge in [0, 0.05) is 24.4 Å². The Morgan fingerprint density at radius 1 is 1.03 bits per heavy atom. The summed E-state index contributed by atoms with van der Waals surface area (Å²) in [5.74, 6) is 0.374. The molecule has 3 aromatic rings. The highest BCUT2D eigenvalue weighted by Crippen LogP contribution is 2.27. The molecule has 0 fully saturated rings. The molecule has 0 saturated heterocycles. The average Bonchev–Trinajstić information content (AvgIpc) is 3.21. The van der Waals surface area contributed by atoms with Crippen LogP contribution in [0.2, 0.25) is 0 Å². The van der Waals surface area contributed by atoms with Crippen LogP contribution in [0.4, 0.5) is 0 Å². The summed E-state index contributed by atoms with van der Waals surface area (Å²) in [6.45, 7) is 2.68. The lowest BCUT2D eigenvalue weighted by Crippen LogP contribution is -2.24. The number of para-hydroxylation sites is 2. The van der Waals surface area contributed by atoms with E-state index in [0.717, 1.165) is 11.0 Å². The van der Waals surface area contributed by atoms with Crippen LogP contribution >= 0.6 is 0 Å². The van der Waals surface area contributed by atoms with Crippen LogP contribution < -0.4 is 0 Å². The van der Waals surface area contributed by atoms with E-state index in [2.05, 4.69) is 0 Å². The van der Waals surface area contributed by atoms with Gasteiger partial charge in [0.1, 0.15) is 18.0 Å². The van der Waals surface area contributed by atoms with Gasteiger partial charge in [-0.2, -0.15) is 10.5 Å². The van der Waals surface area contributed by atoms with Crippen LogP contribution in [0.1, 0.15) is 23.1 Å². The molecule has 6 nitrogen and oxygen atoms in total. The van der Waals surface area contributed by atoms with Crippen LogP contribution in [0, 0.1) is 22.7 Å². The zero-order chi connectivity index (χ0) is 22.5. The molecular formula is C26H19N5O. The number of rotatable bonds is 5. The molecule has 32 heavy (non-hydrogen) atoms. The van der Waals surface area contributed by atoms with Crippen LogP contribution in [-0.2, 0) is 6.54 Å². The lowest BCUT2D eigenvalue weighted by molar-refractivity contribution is 0.101. The van der Waals surface area contributed by atoms with E-state index in [9.17, 15) is 15.3 Å². The molecule has 0 bridgehead atoms. The zero-order valence-electron chi connectivity index (χ0n) is 17.4. The molecule has 0 radical (unpaired) electrons. The first-order valence-corrected chi connectivity index (χ1v) is 10.1. The number of nitriles is 2. The molecule has 0 N–H and O–H groups in total. The van der Waals surface area contributed by atoms with Gasteiger partial charge < -0.3 is 9.47 Å². The number of carbonyl (C=O) groups excluding carboxylic acids is 1. The second kappa shape index (κ2) is 8.99. The topological polar surface area (TPSA) is 85.7 Å². The van der Waals surface area contributed by atoms with Gasteiger partial charge in [0.05, 0.1) is 22.4 Å². The molecule has 2 aromatic carbocycles. The van der Waals surface area contributed by atoms with Crippen LogP contribution in [0.3, 0.4) is 0 Å². The van der Waals surface area contributed by atoms with E-state index in [1.165, 1.54) is 0 Å². The van der Waals surface area contributed by atoms with Crippen molar-refractivity contribution in [2.75, 3.05) is 0 Å². The normalized spacial score (nSPS) is 13.2. The predicted octanol–water partition coefficient (Wildman–Crippen LogP) is 4.97. The van der Waals surface area contributed by atoms with Gasteiger partial charge in [0.25, 0.3) is 0 Å². The summed E-state index contributed by atoms with van der Waals surface area (Å²) in [6, 6.07) is 20.5. The molecule has 0 aliphatic carbocycles. The Bertz CT molecular complexity index is 1380. The lowest BCUT2D eigenvalue weighted by atomic mass is 10.0. The summed E-state index contributed by atoms with van der Waals surface area (Å²) in [5.41, 5.74) is 2.84. The molecule has 0 spiro atoms. The maximum absolute atomic E-state index is 13.6. The number of fused-ring (bicyclic) bond motifs is 1. The van der Waals surface area contributed by atoms with Gasteiger partial charge in [0.15, 0.2) is 5.57 Å². The van der Waals surface area contributed by atoms with Gasteiger partial charge in [-0.1, -0.05) is 48.5 Å². The Morgan fingerprint density at radius 3 is 2.47 bits per heavy atom. The Kier molecular flexibility index (Phi) is 5.78. The summed E-state index contributed by atoms with van der Waals surface area (Å²) < 4.78 is 2.02. The molecule has 0 unspecified atom stereocenters. The smallest absolute Gasteiger partial charge is 0.209 e. The van der Waals surface area contributed by atoms with Crippen molar-refractivity contribution in [2.45, 2.75) is 13.5 Å². The average molecular weight is 417 g/mol. The number of carbonyl (C=O) groups is 1. The number of aryl methyl sites for hydroxylation is 1. The Balaban J connectivity index is 1.96. The summed E-state index contributed by atoms with van der Waals surface area (Å²) in [4.78, 5) is 19.9. The number of ketones is 1. The van der Waals surface area contributed by atoms with Crippen molar-refractivity contribution in [3.05, 3.63) is 107 Å². The lowest BCUT2D eigenvalue weighted by Gasteiger charge is -2.26. The van der Waals surface area contributed by atoms with E-state index in [-0.39, 0.29) is 11.4 Å². The highest BCUT2D eigenvalue weighted by molar-refractivity contribution is 6.11. The maximum atomic E-state index is 13.6. The fraction of sp³-hybridized carbons (Fsp3) is 0.0769. The molecule has 6 heteroatoms. The largest absolute Gasteiger partial charge is 0.325 e. The summed E-state index contributed by atoms with van der Waals surface area (Å²) in [5, 5.41) is 18.9. The molecular weight excluding hydrogens is 398 g/mol. The number of hydrogen-bond acceptors (Lipinski definition) is 5. The third-order valence-corrected chi connectivity index (χ3v) is 5.13. The van der Waals surface area contributed by atoms with Crippen molar-refractivity contribution in [3.63, 3.8) is 0 Å². The monoisotopic (exact) mass is 417 g/mol. The number of benzene rings is 2. The molecule has 4 rings (SSSR count). The van der Waals surface area contributed by atoms with Crippen LogP contribution in [0.15, 0.2) is 96.0 Å². The number of allylic oxidation sites excluding steroid dienone is 5. The minimum atomic E-state index is -0.243. The molecule has 0 amide bonds. The van der Waals surface area contributed by atoms with Crippen molar-refractivity contribution >= 4 is 22.9 Å². The van der Waals surface area contributed by atoms with Crippen LogP contribution in [0.25, 0.3) is 17.1 Å². The minimum Gasteiger partial charge on any atom is -0.325 e. The van der Waals surface area contributed by atoms with Crippen molar-refractivity contribution in [2.24, 2.45) is 0 Å². The van der Waals surface area contributed by atoms with E-state index in [0.29, 0.717) is 29.3 Å². The maximum Gasteiger partial charge on any atom is 0.209 e. The molecule has 0 saturated carbocycles. The number of aromatic nitrogens is 2. The fourth-order valence-corrected chi connectivity index (χ4v) is 3.64. The number of imidazole rings is 1. The molecule has 2 heterocycles. The summed E-state index contributed by atoms with van der Waals surface area (Å²) in [7, 11) is 0. The van der Waals surface area contributed by atoms with Gasteiger partial charge in [-0.15, -0.1) is 0 Å². The van der Waals surface area contributed by atoms with Crippen molar-refractivity contribution in [1.82, 2.24) is 14.5 Å². The highest BCUT2D eigenvalue weighted by atomic mass is 16.1. The van der Waals surface area contributed by atoms with E-state index < -0.39 is 0 Å². The van der Waals surface area contributed by atoms with E-state index in [1.54, 1.807) is 59.7 Å². The van der Waals surface area contributed by atoms with Crippen LogP contribution in [-0.4, -0.2) is 20.2 Å². The van der Waals surface area contributed by atoms with E-state index in [1.807, 2.05) is 54.0 Å². The van der Waals surface area contributed by atoms with E-state index >= 15 is 0 Å². The number of nitrogens with zero attached hydrogens (tertiary/aromatic N) is 5. The molecule has 0 atom stereocenters. The van der Waals surface area contributed by atoms with Crippen molar-refractivity contribution < 1.29 is 4.79 Å². The molecule has 154 valence electrons. The number of Topliss-reactive ketones (excluding diaryl/α,β-unsaturated/α-hetero) is 1. The van der Waals surface area contributed by atoms with Crippen LogP contribution in [0.5, 0.6) is 0 Å². The number of hydrogen-bond donors (Lipinski definition) is 0. The second-order valence-corrected chi connectivity index (χ2v) is 6.98. The minimum absolute atomic E-state index is 0.0821. The molecule has 1 aromatic heterocycles. The van der Waals surface area contributed by atoms with Gasteiger partial charge in [0.2, 0.25) is 5.78 Å². The summed E-state index contributed by atoms with van der Waals surface area (Å²) in [6.07, 6.45) is 8.53. The standard InChI is InChI=1S/C26H19N5O/c1-2-30-23-14-7-6-12-21(23)29-25(30)16-24(26(32)19-10-4-3-5-11-19)31-15-9-8-13-22(31)20(17-27)18-28/h3-16H,2H2,1H3. The summed E-state index contributed by atoms with van der Waals surface area (Å²) >= 11 is 0. The Hall–Kier alpha value is -4.68. The second-order valence-electron chi connectivity index (χ2n) is 6.98. The van der Waals surface area contributed by atoms with Crippen molar-refractivity contribution in [3.8, 4) is 12.1 Å². The third kappa shape index (κ3) is 3.74. The van der Waals surface area contributed by atoms with E-state index in [4.69, 9.17) is 4.98 Å². The SMILES string of the molecule is CCn1c(C=C(C(=O)c2ccccc2)N2C=CC=CC2=C(C#N)C#N)nc2ccccc21. The zero-order valence-corrected chi connectivity index (χ0v) is 17.4. The molecule has 1 aliphatic rings. The molecule has 1 aliphatic heterocycles. The first-order valence-electron chi connectivity index (χ1n) is 10.1. The quantitative estimate of drug-likeness (QED) is 0.332. The van der Waals surface area contributed by atoms with Gasteiger partial charge in [-0.3, -0.25) is 4.79 Å². The van der Waals surface area contributed by atoms with Gasteiger partial charge in [-0.25, -0.2) is 4.98 Å². The Morgan fingerprint density at radius 2 is 1.75 bits per heavy atom. The highest BCUT2D eigenvalue weighted by Gasteiger charge is 2.24. The fourth-order valence-electron chi connectivity index (χ4n) is 3.64. The van der Waals surface area contributed by atoms with Gasteiger partial charge in [-0.05, 0) is 31.2 Å². The van der Waals surface area contributed by atoms with Crippen molar-refractivity contribution in [1.29, 1.82) is 10.5 Å².